The van der Waals surface area contributed by atoms with E-state index < -0.39 is 24.1 Å². The number of nitrogens with zero attached hydrogens (tertiary/aromatic N) is 3. The molecule has 0 unspecified atom stereocenters. The number of halogens is 3. The summed E-state index contributed by atoms with van der Waals surface area (Å²) in [4.78, 5) is 32.0. The van der Waals surface area contributed by atoms with Crippen LogP contribution in [0.15, 0.2) is 42.7 Å². The smallest absolute Gasteiger partial charge is 0.406 e. The molecule has 0 atom stereocenters. The molecular weight excluding hydrogens is 425 g/mol. The summed E-state index contributed by atoms with van der Waals surface area (Å²) in [5.74, 6) is -0.872. The second kappa shape index (κ2) is 9.05. The van der Waals surface area contributed by atoms with E-state index in [1.165, 1.54) is 36.3 Å². The monoisotopic (exact) mass is 448 g/mol. The predicted molar refractivity (Wildman–Crippen MR) is 111 cm³/mol. The number of pyridine rings is 1. The highest BCUT2D eigenvalue weighted by Crippen LogP contribution is 2.29. The molecule has 2 fully saturated rings. The second-order valence-corrected chi connectivity index (χ2v) is 7.92. The minimum absolute atomic E-state index is 0.120. The van der Waals surface area contributed by atoms with E-state index in [1.54, 1.807) is 12.4 Å². The molecule has 0 spiro atoms. The average molecular weight is 448 g/mol. The van der Waals surface area contributed by atoms with Gasteiger partial charge in [-0.15, -0.1) is 13.2 Å². The number of benzene rings is 1. The van der Waals surface area contributed by atoms with Gasteiger partial charge in [0.05, 0.1) is 24.1 Å². The highest BCUT2D eigenvalue weighted by molar-refractivity contribution is 6.19. The zero-order valence-corrected chi connectivity index (χ0v) is 17.3. The van der Waals surface area contributed by atoms with E-state index in [-0.39, 0.29) is 18.8 Å². The Morgan fingerprint density at radius 1 is 1.06 bits per heavy atom. The van der Waals surface area contributed by atoms with Crippen LogP contribution in [-0.4, -0.2) is 40.8 Å². The SMILES string of the molecule is O=C1CN(Cc2ccncc2NC2CCCCC2)C(=O)N1c1ccc(OC(F)(F)F)cc1. The maximum Gasteiger partial charge on any atom is 0.573 e. The average Bonchev–Trinajstić information content (AvgIpc) is 3.03. The van der Waals surface area contributed by atoms with Gasteiger partial charge in [0, 0.05) is 12.2 Å². The molecule has 1 aromatic heterocycles. The molecule has 4 rings (SSSR count). The number of nitrogens with one attached hydrogen (secondary N) is 1. The Hall–Kier alpha value is -3.30. The Balaban J connectivity index is 1.46. The first-order chi connectivity index (χ1) is 15.3. The van der Waals surface area contributed by atoms with Crippen molar-refractivity contribution in [3.63, 3.8) is 0 Å². The lowest BCUT2D eigenvalue weighted by atomic mass is 9.95. The summed E-state index contributed by atoms with van der Waals surface area (Å²) in [6.45, 7) is 0.0960. The summed E-state index contributed by atoms with van der Waals surface area (Å²) in [5, 5.41) is 3.51. The van der Waals surface area contributed by atoms with Gasteiger partial charge >= 0.3 is 12.4 Å². The van der Waals surface area contributed by atoms with Gasteiger partial charge in [-0.3, -0.25) is 9.78 Å². The van der Waals surface area contributed by atoms with Crippen LogP contribution < -0.4 is 15.0 Å². The maximum absolute atomic E-state index is 12.9. The van der Waals surface area contributed by atoms with Gasteiger partial charge in [0.1, 0.15) is 12.3 Å². The standard InChI is InChI=1S/C22H23F3N4O3/c23-22(24,25)32-18-8-6-17(7-9-18)29-20(30)14-28(21(29)31)13-15-10-11-26-12-19(15)27-16-4-2-1-3-5-16/h6-12,16,27H,1-5,13-14H2. The lowest BCUT2D eigenvalue weighted by Gasteiger charge is -2.26. The van der Waals surface area contributed by atoms with Gasteiger partial charge in [0.25, 0.3) is 5.91 Å². The number of ether oxygens (including phenoxy) is 1. The molecule has 0 radical (unpaired) electrons. The third kappa shape index (κ3) is 5.12. The quantitative estimate of drug-likeness (QED) is 0.649. The number of carbonyl (C=O) groups is 2. The molecule has 1 aliphatic carbocycles. The third-order valence-electron chi connectivity index (χ3n) is 5.60. The molecule has 0 bridgehead atoms. The first-order valence-electron chi connectivity index (χ1n) is 10.5. The van der Waals surface area contributed by atoms with E-state index in [0.717, 1.165) is 41.1 Å². The molecule has 7 nitrogen and oxygen atoms in total. The summed E-state index contributed by atoms with van der Waals surface area (Å²) >= 11 is 0. The number of alkyl halides is 3. The van der Waals surface area contributed by atoms with E-state index in [4.69, 9.17) is 0 Å². The van der Waals surface area contributed by atoms with Crippen LogP contribution in [0.1, 0.15) is 37.7 Å². The highest BCUT2D eigenvalue weighted by atomic mass is 19.4. The maximum atomic E-state index is 12.9. The summed E-state index contributed by atoms with van der Waals surface area (Å²) in [6.07, 6.45) is 4.30. The Morgan fingerprint density at radius 3 is 2.47 bits per heavy atom. The van der Waals surface area contributed by atoms with Crippen LogP contribution in [0.25, 0.3) is 0 Å². The molecule has 170 valence electrons. The van der Waals surface area contributed by atoms with Crippen molar-refractivity contribution in [3.8, 4) is 5.75 Å². The van der Waals surface area contributed by atoms with E-state index in [9.17, 15) is 22.8 Å². The van der Waals surface area contributed by atoms with Crippen molar-refractivity contribution in [3.05, 3.63) is 48.3 Å². The second-order valence-electron chi connectivity index (χ2n) is 7.92. The Kier molecular flexibility index (Phi) is 6.20. The molecule has 32 heavy (non-hydrogen) atoms. The number of carbonyl (C=O) groups excluding carboxylic acids is 2. The fourth-order valence-electron chi connectivity index (χ4n) is 4.09. The lowest BCUT2D eigenvalue weighted by molar-refractivity contribution is -0.274. The highest BCUT2D eigenvalue weighted by Gasteiger charge is 2.37. The molecule has 3 amide bonds. The van der Waals surface area contributed by atoms with Crippen molar-refractivity contribution in [2.45, 2.75) is 51.1 Å². The van der Waals surface area contributed by atoms with E-state index in [1.807, 2.05) is 6.07 Å². The van der Waals surface area contributed by atoms with Crippen LogP contribution in [0.2, 0.25) is 0 Å². The molecule has 1 saturated heterocycles. The summed E-state index contributed by atoms with van der Waals surface area (Å²) < 4.78 is 40.9. The molecule has 2 aromatic rings. The molecule has 1 saturated carbocycles. The summed E-state index contributed by atoms with van der Waals surface area (Å²) in [6, 6.07) is 6.29. The van der Waals surface area contributed by atoms with Crippen molar-refractivity contribution in [2.75, 3.05) is 16.8 Å². The fourth-order valence-corrected chi connectivity index (χ4v) is 4.09. The van der Waals surface area contributed by atoms with Crippen LogP contribution >= 0.6 is 0 Å². The van der Waals surface area contributed by atoms with Crippen LogP contribution in [0.3, 0.4) is 0 Å². The Morgan fingerprint density at radius 2 is 1.78 bits per heavy atom. The van der Waals surface area contributed by atoms with Crippen molar-refractivity contribution in [1.29, 1.82) is 0 Å². The molecule has 1 aromatic carbocycles. The largest absolute Gasteiger partial charge is 0.573 e. The topological polar surface area (TPSA) is 74.8 Å². The van der Waals surface area contributed by atoms with Gasteiger partial charge < -0.3 is 15.0 Å². The lowest BCUT2D eigenvalue weighted by Crippen LogP contribution is -2.33. The van der Waals surface area contributed by atoms with Crippen LogP contribution in [0, 0.1) is 0 Å². The van der Waals surface area contributed by atoms with Crippen molar-refractivity contribution in [2.24, 2.45) is 0 Å². The molecular formula is C22H23F3N4O3. The van der Waals surface area contributed by atoms with E-state index >= 15 is 0 Å². The number of hydrogen-bond donors (Lipinski definition) is 1. The normalized spacial score (nSPS) is 17.7. The molecule has 1 N–H and O–H groups in total. The predicted octanol–water partition coefficient (Wildman–Crippen LogP) is 4.69. The zero-order valence-electron chi connectivity index (χ0n) is 17.3. The minimum Gasteiger partial charge on any atom is -0.406 e. The first kappa shape index (κ1) is 21.9. The summed E-state index contributed by atoms with van der Waals surface area (Å²) in [5.41, 5.74) is 1.88. The number of aromatic nitrogens is 1. The number of hydrogen-bond acceptors (Lipinski definition) is 5. The van der Waals surface area contributed by atoms with Gasteiger partial charge in [-0.25, -0.2) is 9.69 Å². The number of anilines is 2. The van der Waals surface area contributed by atoms with Gasteiger partial charge in [-0.2, -0.15) is 0 Å². The van der Waals surface area contributed by atoms with Crippen LogP contribution in [0.4, 0.5) is 29.3 Å². The van der Waals surface area contributed by atoms with Gasteiger partial charge in [0.2, 0.25) is 0 Å². The zero-order chi connectivity index (χ0) is 22.7. The third-order valence-corrected chi connectivity index (χ3v) is 5.60. The molecule has 2 aliphatic rings. The molecule has 2 heterocycles. The minimum atomic E-state index is -4.81. The molecule has 1 aliphatic heterocycles. The summed E-state index contributed by atoms with van der Waals surface area (Å²) in [7, 11) is 0. The Labute approximate surface area is 183 Å². The van der Waals surface area contributed by atoms with Crippen molar-refractivity contribution in [1.82, 2.24) is 9.88 Å². The van der Waals surface area contributed by atoms with E-state index in [2.05, 4.69) is 15.0 Å². The number of rotatable bonds is 6. The number of amides is 3. The Bertz CT molecular complexity index is 975. The van der Waals surface area contributed by atoms with Gasteiger partial charge in [-0.1, -0.05) is 19.3 Å². The van der Waals surface area contributed by atoms with Gasteiger partial charge in [-0.05, 0) is 48.7 Å². The number of urea groups is 1. The number of imide groups is 1. The fraction of sp³-hybridized carbons (Fsp3) is 0.409. The van der Waals surface area contributed by atoms with E-state index in [0.29, 0.717) is 6.04 Å². The van der Waals surface area contributed by atoms with Gasteiger partial charge in [0.15, 0.2) is 0 Å². The van der Waals surface area contributed by atoms with Crippen molar-refractivity contribution >= 4 is 23.3 Å². The van der Waals surface area contributed by atoms with Crippen molar-refractivity contribution < 1.29 is 27.5 Å². The van der Waals surface area contributed by atoms with Crippen LogP contribution in [-0.2, 0) is 11.3 Å². The molecule has 10 heteroatoms. The first-order valence-corrected chi connectivity index (χ1v) is 10.5. The van der Waals surface area contributed by atoms with Crippen LogP contribution in [0.5, 0.6) is 5.75 Å².